The normalized spacial score (nSPS) is 10.6. The molecular formula is C11H8F2N2O3. The van der Waals surface area contributed by atoms with Crippen LogP contribution in [0.15, 0.2) is 28.7 Å². The smallest absolute Gasteiger partial charge is 0.305 e. The molecule has 0 amide bonds. The van der Waals surface area contributed by atoms with Crippen LogP contribution in [0.4, 0.5) is 14.5 Å². The van der Waals surface area contributed by atoms with E-state index in [1.165, 1.54) is 12.1 Å². The maximum absolute atomic E-state index is 13.5. The Hall–Kier alpha value is -2.28. The van der Waals surface area contributed by atoms with Crippen LogP contribution in [0.3, 0.4) is 0 Å². The minimum absolute atomic E-state index is 0.0658. The summed E-state index contributed by atoms with van der Waals surface area (Å²) in [6, 6.07) is 4.19. The second-order valence-corrected chi connectivity index (χ2v) is 3.51. The third-order valence-corrected chi connectivity index (χ3v) is 2.36. The molecule has 2 aromatic rings. The molecule has 0 radical (unpaired) electrons. The van der Waals surface area contributed by atoms with Crippen LogP contribution >= 0.6 is 0 Å². The van der Waals surface area contributed by atoms with Gasteiger partial charge in [-0.2, -0.15) is 4.39 Å². The van der Waals surface area contributed by atoms with Crippen LogP contribution in [0.1, 0.15) is 5.76 Å². The van der Waals surface area contributed by atoms with E-state index < -0.39 is 22.2 Å². The Morgan fingerprint density at radius 1 is 1.28 bits per heavy atom. The Labute approximate surface area is 100.0 Å². The summed E-state index contributed by atoms with van der Waals surface area (Å²) >= 11 is 0. The number of rotatable bonds is 3. The molecule has 2 N–H and O–H groups in total. The fourth-order valence-electron chi connectivity index (χ4n) is 1.50. The molecule has 18 heavy (non-hydrogen) atoms. The first-order valence-electron chi connectivity index (χ1n) is 4.95. The van der Waals surface area contributed by atoms with Crippen LogP contribution in [0.25, 0.3) is 11.3 Å². The molecule has 0 spiro atoms. The van der Waals surface area contributed by atoms with E-state index in [-0.39, 0.29) is 17.9 Å². The van der Waals surface area contributed by atoms with E-state index in [0.29, 0.717) is 11.8 Å². The van der Waals surface area contributed by atoms with Crippen LogP contribution in [0, 0.1) is 21.7 Å². The van der Waals surface area contributed by atoms with Gasteiger partial charge in [0.1, 0.15) is 17.3 Å². The van der Waals surface area contributed by atoms with Gasteiger partial charge in [0.05, 0.1) is 17.0 Å². The standard InChI is InChI=1S/C11H8F2N2O3/c12-8-4-9(13)10(15(16)17)3-7(8)11-2-1-6(5-14)18-11/h1-4H,5,14H2. The molecule has 0 atom stereocenters. The molecule has 0 saturated heterocycles. The summed E-state index contributed by atoms with van der Waals surface area (Å²) in [7, 11) is 0. The minimum atomic E-state index is -1.23. The monoisotopic (exact) mass is 254 g/mol. The first-order valence-corrected chi connectivity index (χ1v) is 4.95. The summed E-state index contributed by atoms with van der Waals surface area (Å²) in [6.45, 7) is 0.116. The average molecular weight is 254 g/mol. The Kier molecular flexibility index (Phi) is 3.07. The Balaban J connectivity index is 2.56. The summed E-state index contributed by atoms with van der Waals surface area (Å²) < 4.78 is 31.8. The lowest BCUT2D eigenvalue weighted by atomic mass is 10.1. The number of nitro benzene ring substituents is 1. The van der Waals surface area contributed by atoms with Gasteiger partial charge < -0.3 is 10.2 Å². The van der Waals surface area contributed by atoms with Crippen molar-refractivity contribution in [3.8, 4) is 11.3 Å². The zero-order chi connectivity index (χ0) is 13.3. The molecule has 94 valence electrons. The molecule has 0 bridgehead atoms. The van der Waals surface area contributed by atoms with Gasteiger partial charge in [-0.1, -0.05) is 0 Å². The van der Waals surface area contributed by atoms with Gasteiger partial charge in [0.25, 0.3) is 0 Å². The van der Waals surface area contributed by atoms with Crippen LogP contribution in [-0.2, 0) is 6.54 Å². The molecule has 1 aromatic heterocycles. The lowest BCUT2D eigenvalue weighted by Crippen LogP contribution is -1.95. The van der Waals surface area contributed by atoms with E-state index in [1.807, 2.05) is 0 Å². The molecule has 0 aliphatic heterocycles. The number of halogens is 2. The molecular weight excluding hydrogens is 246 g/mol. The SMILES string of the molecule is NCc1ccc(-c2cc([N+](=O)[O-])c(F)cc2F)o1. The number of nitrogens with two attached hydrogens (primary N) is 1. The van der Waals surface area contributed by atoms with E-state index in [1.54, 1.807) is 0 Å². The highest BCUT2D eigenvalue weighted by atomic mass is 19.1. The predicted molar refractivity (Wildman–Crippen MR) is 58.6 cm³/mol. The molecule has 0 aliphatic rings. The minimum Gasteiger partial charge on any atom is -0.460 e. The second-order valence-electron chi connectivity index (χ2n) is 3.51. The van der Waals surface area contributed by atoms with Crippen LogP contribution < -0.4 is 5.73 Å². The van der Waals surface area contributed by atoms with E-state index in [2.05, 4.69) is 0 Å². The summed E-state index contributed by atoms with van der Waals surface area (Å²) in [5.74, 6) is -1.70. The van der Waals surface area contributed by atoms with Crippen molar-refractivity contribution >= 4 is 5.69 Å². The lowest BCUT2D eigenvalue weighted by Gasteiger charge is -2.01. The molecule has 0 unspecified atom stereocenters. The highest BCUT2D eigenvalue weighted by Gasteiger charge is 2.20. The number of nitrogens with zero attached hydrogens (tertiary/aromatic N) is 1. The first-order chi connectivity index (χ1) is 8.52. The van der Waals surface area contributed by atoms with E-state index in [4.69, 9.17) is 10.2 Å². The van der Waals surface area contributed by atoms with E-state index in [0.717, 1.165) is 6.07 Å². The van der Waals surface area contributed by atoms with Gasteiger partial charge in [-0.05, 0) is 12.1 Å². The molecule has 1 heterocycles. The van der Waals surface area contributed by atoms with Crippen molar-refractivity contribution in [1.82, 2.24) is 0 Å². The maximum Gasteiger partial charge on any atom is 0.305 e. The predicted octanol–water partition coefficient (Wildman–Crippen LogP) is 2.59. The largest absolute Gasteiger partial charge is 0.460 e. The van der Waals surface area contributed by atoms with Crippen LogP contribution in [-0.4, -0.2) is 4.92 Å². The van der Waals surface area contributed by atoms with Crippen molar-refractivity contribution in [3.63, 3.8) is 0 Å². The molecule has 2 rings (SSSR count). The Morgan fingerprint density at radius 3 is 2.56 bits per heavy atom. The average Bonchev–Trinajstić information content (AvgIpc) is 2.77. The number of hydrogen-bond acceptors (Lipinski definition) is 4. The lowest BCUT2D eigenvalue weighted by molar-refractivity contribution is -0.387. The quantitative estimate of drug-likeness (QED) is 0.674. The molecule has 0 fully saturated rings. The maximum atomic E-state index is 13.5. The summed E-state index contributed by atoms with van der Waals surface area (Å²) in [6.07, 6.45) is 0. The number of furan rings is 1. The van der Waals surface area contributed by atoms with Crippen molar-refractivity contribution in [2.45, 2.75) is 6.54 Å². The van der Waals surface area contributed by atoms with Gasteiger partial charge in [-0.3, -0.25) is 10.1 Å². The highest BCUT2D eigenvalue weighted by molar-refractivity contribution is 5.62. The van der Waals surface area contributed by atoms with Gasteiger partial charge in [-0.25, -0.2) is 4.39 Å². The van der Waals surface area contributed by atoms with Crippen LogP contribution in [0.5, 0.6) is 0 Å². The third kappa shape index (κ3) is 2.07. The second kappa shape index (κ2) is 4.53. The van der Waals surface area contributed by atoms with Crippen molar-refractivity contribution in [2.75, 3.05) is 0 Å². The molecule has 1 aromatic carbocycles. The van der Waals surface area contributed by atoms with Crippen molar-refractivity contribution in [2.24, 2.45) is 5.73 Å². The topological polar surface area (TPSA) is 82.3 Å². The molecule has 7 heteroatoms. The van der Waals surface area contributed by atoms with Gasteiger partial charge >= 0.3 is 5.69 Å². The number of hydrogen-bond donors (Lipinski definition) is 1. The zero-order valence-corrected chi connectivity index (χ0v) is 9.02. The highest BCUT2D eigenvalue weighted by Crippen LogP contribution is 2.30. The van der Waals surface area contributed by atoms with Gasteiger partial charge in [-0.15, -0.1) is 0 Å². The van der Waals surface area contributed by atoms with Crippen molar-refractivity contribution in [1.29, 1.82) is 0 Å². The Morgan fingerprint density at radius 2 is 2.00 bits per heavy atom. The van der Waals surface area contributed by atoms with E-state index in [9.17, 15) is 18.9 Å². The fourth-order valence-corrected chi connectivity index (χ4v) is 1.50. The van der Waals surface area contributed by atoms with Crippen molar-refractivity contribution in [3.05, 3.63) is 51.8 Å². The molecule has 0 aliphatic carbocycles. The number of benzene rings is 1. The third-order valence-electron chi connectivity index (χ3n) is 2.36. The first kappa shape index (κ1) is 12.2. The molecule has 0 saturated carbocycles. The van der Waals surface area contributed by atoms with Gasteiger partial charge in [0.15, 0.2) is 0 Å². The Bertz CT molecular complexity index is 610. The fraction of sp³-hybridized carbons (Fsp3) is 0.0909. The van der Waals surface area contributed by atoms with Gasteiger partial charge in [0.2, 0.25) is 5.82 Å². The number of nitro groups is 1. The summed E-state index contributed by atoms with van der Waals surface area (Å²) in [4.78, 5) is 9.64. The molecule has 5 nitrogen and oxygen atoms in total. The van der Waals surface area contributed by atoms with Crippen molar-refractivity contribution < 1.29 is 18.1 Å². The van der Waals surface area contributed by atoms with Gasteiger partial charge in [0, 0.05) is 12.1 Å². The van der Waals surface area contributed by atoms with Crippen LogP contribution in [0.2, 0.25) is 0 Å². The zero-order valence-electron chi connectivity index (χ0n) is 9.02. The summed E-state index contributed by atoms with van der Waals surface area (Å²) in [5, 5.41) is 10.6. The summed E-state index contributed by atoms with van der Waals surface area (Å²) in [5.41, 5.74) is 4.34. The van der Waals surface area contributed by atoms with E-state index >= 15 is 0 Å².